The van der Waals surface area contributed by atoms with Gasteiger partial charge in [0.15, 0.2) is 0 Å². The summed E-state index contributed by atoms with van der Waals surface area (Å²) in [6.07, 6.45) is 0.447. The van der Waals surface area contributed by atoms with Gasteiger partial charge in [-0.05, 0) is 41.8 Å². The predicted molar refractivity (Wildman–Crippen MR) is 105 cm³/mol. The maximum absolute atomic E-state index is 12.4. The zero-order chi connectivity index (χ0) is 20.3. The van der Waals surface area contributed by atoms with Crippen LogP contribution in [0.25, 0.3) is 0 Å². The highest BCUT2D eigenvalue weighted by Crippen LogP contribution is 2.29. The number of primary sulfonamides is 1. The number of carbonyl (C=O) groups is 1. The van der Waals surface area contributed by atoms with Crippen LogP contribution in [0.4, 0.5) is 0 Å². The molecule has 1 heterocycles. The second kappa shape index (κ2) is 8.46. The van der Waals surface area contributed by atoms with Gasteiger partial charge in [-0.3, -0.25) is 4.79 Å². The molecule has 1 fully saturated rings. The molecule has 8 nitrogen and oxygen atoms in total. The maximum Gasteiger partial charge on any atom is 0.241 e. The van der Waals surface area contributed by atoms with Crippen molar-refractivity contribution in [2.24, 2.45) is 5.14 Å². The number of hydrazine groups is 1. The van der Waals surface area contributed by atoms with E-state index < -0.39 is 16.1 Å². The van der Waals surface area contributed by atoms with Crippen molar-refractivity contribution >= 4 is 27.5 Å². The van der Waals surface area contributed by atoms with Crippen LogP contribution in [0.2, 0.25) is 5.02 Å². The first-order valence-electron chi connectivity index (χ1n) is 8.52. The number of rotatable bonds is 6. The number of halogens is 1. The van der Waals surface area contributed by atoms with Crippen LogP contribution in [0.1, 0.15) is 23.6 Å². The number of nitrogens with two attached hydrogens (primary N) is 1. The number of carbonyl (C=O) groups excluding carboxylic acids is 1. The molecular formula is C18H21ClN4O4S. The summed E-state index contributed by atoms with van der Waals surface area (Å²) in [6.45, 7) is 0.386. The monoisotopic (exact) mass is 424 g/mol. The summed E-state index contributed by atoms with van der Waals surface area (Å²) >= 11 is 5.85. The molecule has 0 aromatic heterocycles. The molecule has 0 spiro atoms. The molecule has 3 rings (SSSR count). The Balaban J connectivity index is 1.64. The van der Waals surface area contributed by atoms with Crippen molar-refractivity contribution in [1.29, 1.82) is 0 Å². The molecule has 2 unspecified atom stereocenters. The highest BCUT2D eigenvalue weighted by molar-refractivity contribution is 7.89. The van der Waals surface area contributed by atoms with E-state index in [0.717, 1.165) is 5.56 Å². The Labute approximate surface area is 168 Å². The average molecular weight is 425 g/mol. The van der Waals surface area contributed by atoms with Crippen LogP contribution in [0.3, 0.4) is 0 Å². The molecule has 150 valence electrons. The molecular weight excluding hydrogens is 404 g/mol. The minimum Gasteiger partial charge on any atom is -0.495 e. The summed E-state index contributed by atoms with van der Waals surface area (Å²) in [5, 5.41) is 8.77. The van der Waals surface area contributed by atoms with Gasteiger partial charge in [-0.25, -0.2) is 24.4 Å². The van der Waals surface area contributed by atoms with E-state index in [1.54, 1.807) is 24.3 Å². The first kappa shape index (κ1) is 20.6. The number of benzene rings is 2. The Bertz CT molecular complexity index is 966. The summed E-state index contributed by atoms with van der Waals surface area (Å²) < 4.78 is 28.6. The van der Waals surface area contributed by atoms with Crippen LogP contribution in [-0.2, 0) is 21.4 Å². The van der Waals surface area contributed by atoms with Crippen LogP contribution in [0.15, 0.2) is 47.4 Å². The smallest absolute Gasteiger partial charge is 0.241 e. The van der Waals surface area contributed by atoms with Gasteiger partial charge in [-0.1, -0.05) is 29.8 Å². The molecule has 0 saturated carbocycles. The lowest BCUT2D eigenvalue weighted by Crippen LogP contribution is -2.42. The third-order valence-electron chi connectivity index (χ3n) is 4.50. The van der Waals surface area contributed by atoms with Gasteiger partial charge in [0.1, 0.15) is 16.7 Å². The lowest BCUT2D eigenvalue weighted by molar-refractivity contribution is -0.123. The summed E-state index contributed by atoms with van der Waals surface area (Å²) in [7, 11) is -2.56. The Hall–Kier alpha value is -2.17. The third-order valence-corrected chi connectivity index (χ3v) is 5.68. The molecule has 0 aliphatic carbocycles. The largest absolute Gasteiger partial charge is 0.495 e. The van der Waals surface area contributed by atoms with Gasteiger partial charge in [0, 0.05) is 17.6 Å². The van der Waals surface area contributed by atoms with Gasteiger partial charge in [0.25, 0.3) is 0 Å². The molecule has 0 radical (unpaired) electrons. The molecule has 10 heteroatoms. The number of amides is 1. The standard InChI is InChI=1S/C18H21ClN4O4S/c1-27-16-7-4-12(8-17(16)28(20,25)26)14-9-15(23-22-14)18(24)21-10-11-2-5-13(19)6-3-11/h2-8,14-15,22-23H,9-10H2,1H3,(H,21,24)(H2,20,25,26). The fraction of sp³-hybridized carbons (Fsp3) is 0.278. The van der Waals surface area contributed by atoms with Gasteiger partial charge in [-0.2, -0.15) is 0 Å². The summed E-state index contributed by atoms with van der Waals surface area (Å²) in [5.41, 5.74) is 7.59. The topological polar surface area (TPSA) is 123 Å². The minimum atomic E-state index is -3.93. The second-order valence-electron chi connectivity index (χ2n) is 6.43. The maximum atomic E-state index is 12.4. The number of nitrogens with one attached hydrogen (secondary N) is 3. The van der Waals surface area contributed by atoms with Crippen molar-refractivity contribution in [3.8, 4) is 5.75 Å². The van der Waals surface area contributed by atoms with Crippen LogP contribution >= 0.6 is 11.6 Å². The molecule has 1 amide bonds. The lowest BCUT2D eigenvalue weighted by Gasteiger charge is -2.13. The average Bonchev–Trinajstić information content (AvgIpc) is 3.16. The first-order chi connectivity index (χ1) is 13.3. The van der Waals surface area contributed by atoms with Gasteiger partial charge < -0.3 is 10.1 Å². The van der Waals surface area contributed by atoms with Crippen molar-refractivity contribution in [3.63, 3.8) is 0 Å². The molecule has 2 aromatic carbocycles. The molecule has 0 bridgehead atoms. The van der Waals surface area contributed by atoms with Crippen LogP contribution in [-0.4, -0.2) is 27.5 Å². The molecule has 28 heavy (non-hydrogen) atoms. The SMILES string of the molecule is COc1ccc(C2CC(C(=O)NCc3ccc(Cl)cc3)NN2)cc1S(N)(=O)=O. The Morgan fingerprint density at radius 3 is 2.61 bits per heavy atom. The molecule has 1 saturated heterocycles. The van der Waals surface area contributed by atoms with Gasteiger partial charge in [-0.15, -0.1) is 0 Å². The Kier molecular flexibility index (Phi) is 6.21. The third kappa shape index (κ3) is 4.81. The normalized spacial score (nSPS) is 19.4. The fourth-order valence-corrected chi connectivity index (χ4v) is 3.85. The molecule has 1 aliphatic heterocycles. The van der Waals surface area contributed by atoms with E-state index in [-0.39, 0.29) is 22.6 Å². The predicted octanol–water partition coefficient (Wildman–Crippen LogP) is 1.22. The highest BCUT2D eigenvalue weighted by atomic mass is 35.5. The van der Waals surface area contributed by atoms with Gasteiger partial charge in [0.05, 0.1) is 7.11 Å². The Morgan fingerprint density at radius 2 is 1.96 bits per heavy atom. The van der Waals surface area contributed by atoms with Crippen molar-refractivity contribution < 1.29 is 17.9 Å². The number of ether oxygens (including phenoxy) is 1. The van der Waals surface area contributed by atoms with Crippen LogP contribution in [0, 0.1) is 0 Å². The summed E-state index contributed by atoms with van der Waals surface area (Å²) in [6, 6.07) is 11.3. The summed E-state index contributed by atoms with van der Waals surface area (Å²) in [5.74, 6) is 0.0135. The quantitative estimate of drug-likeness (QED) is 0.553. The van der Waals surface area contributed by atoms with E-state index in [2.05, 4.69) is 16.2 Å². The number of sulfonamides is 1. The van der Waals surface area contributed by atoms with Crippen LogP contribution in [0.5, 0.6) is 5.75 Å². The van der Waals surface area contributed by atoms with E-state index in [9.17, 15) is 13.2 Å². The van der Waals surface area contributed by atoms with Crippen molar-refractivity contribution in [1.82, 2.24) is 16.2 Å². The van der Waals surface area contributed by atoms with Crippen LogP contribution < -0.4 is 26.0 Å². The second-order valence-corrected chi connectivity index (χ2v) is 8.40. The number of hydrogen-bond donors (Lipinski definition) is 4. The summed E-state index contributed by atoms with van der Waals surface area (Å²) in [4.78, 5) is 12.3. The molecule has 5 N–H and O–H groups in total. The van der Waals surface area contributed by atoms with E-state index >= 15 is 0 Å². The molecule has 2 atom stereocenters. The Morgan fingerprint density at radius 1 is 1.25 bits per heavy atom. The molecule has 1 aliphatic rings. The zero-order valence-electron chi connectivity index (χ0n) is 15.1. The highest BCUT2D eigenvalue weighted by Gasteiger charge is 2.31. The lowest BCUT2D eigenvalue weighted by atomic mass is 10.0. The van der Waals surface area contributed by atoms with E-state index in [0.29, 0.717) is 23.6 Å². The van der Waals surface area contributed by atoms with Gasteiger partial charge >= 0.3 is 0 Å². The molecule has 2 aromatic rings. The minimum absolute atomic E-state index is 0.0926. The van der Waals surface area contributed by atoms with E-state index in [1.165, 1.54) is 13.2 Å². The van der Waals surface area contributed by atoms with E-state index in [1.807, 2.05) is 12.1 Å². The van der Waals surface area contributed by atoms with Crippen molar-refractivity contribution in [3.05, 3.63) is 58.6 Å². The van der Waals surface area contributed by atoms with E-state index in [4.69, 9.17) is 21.5 Å². The number of hydrogen-bond acceptors (Lipinski definition) is 6. The van der Waals surface area contributed by atoms with Crippen molar-refractivity contribution in [2.75, 3.05) is 7.11 Å². The fourth-order valence-electron chi connectivity index (χ4n) is 2.99. The van der Waals surface area contributed by atoms with Crippen molar-refractivity contribution in [2.45, 2.75) is 29.9 Å². The first-order valence-corrected chi connectivity index (χ1v) is 10.4. The van der Waals surface area contributed by atoms with Gasteiger partial charge in [0.2, 0.25) is 15.9 Å². The number of methoxy groups -OCH3 is 1. The zero-order valence-corrected chi connectivity index (χ0v) is 16.7.